The number of allylic oxidation sites excluding steroid dienone is 3. The van der Waals surface area contributed by atoms with Gasteiger partial charge in [0.2, 0.25) is 9.84 Å². The normalized spacial score (nSPS) is 14.8. The molecule has 0 radical (unpaired) electrons. The molecule has 3 heterocycles. The van der Waals surface area contributed by atoms with Gasteiger partial charge in [0.25, 0.3) is 0 Å². The molecule has 1 aliphatic rings. The molecule has 2 aromatic heterocycles. The van der Waals surface area contributed by atoms with Crippen LogP contribution in [0.1, 0.15) is 49.1 Å². The Morgan fingerprint density at radius 2 is 1.41 bits per heavy atom. The molecule has 0 bridgehead atoms. The van der Waals surface area contributed by atoms with Crippen molar-refractivity contribution in [3.05, 3.63) is 118 Å². The Bertz CT molecular complexity index is 1820. The van der Waals surface area contributed by atoms with Crippen LogP contribution in [0.15, 0.2) is 106 Å². The van der Waals surface area contributed by atoms with Crippen molar-refractivity contribution in [3.8, 4) is 21.8 Å². The number of para-hydroxylation sites is 1. The average molecular weight is 551 g/mol. The number of rotatable bonds is 8. The zero-order valence-electron chi connectivity index (χ0n) is 22.1. The van der Waals surface area contributed by atoms with Gasteiger partial charge in [0, 0.05) is 31.8 Å². The summed E-state index contributed by atoms with van der Waals surface area (Å²) in [5.41, 5.74) is 5.33. The summed E-state index contributed by atoms with van der Waals surface area (Å²) in [6, 6.07) is 30.0. The topological polar surface area (TPSA) is 47.3 Å². The summed E-state index contributed by atoms with van der Waals surface area (Å²) in [4.78, 5) is 3.28. The molecule has 5 heteroatoms. The number of benzene rings is 3. The number of thiophene rings is 1. The van der Waals surface area contributed by atoms with Gasteiger partial charge in [0.1, 0.15) is 11.3 Å². The highest BCUT2D eigenvalue weighted by Crippen LogP contribution is 2.50. The fourth-order valence-electron chi connectivity index (χ4n) is 5.40. The lowest BCUT2D eigenvalue weighted by atomic mass is 9.95. The van der Waals surface area contributed by atoms with Gasteiger partial charge in [-0.1, -0.05) is 106 Å². The van der Waals surface area contributed by atoms with Gasteiger partial charge in [-0.2, -0.15) is 0 Å². The molecule has 3 aromatic carbocycles. The van der Waals surface area contributed by atoms with Crippen molar-refractivity contribution in [1.29, 1.82) is 0 Å². The van der Waals surface area contributed by atoms with E-state index in [9.17, 15) is 8.42 Å². The monoisotopic (exact) mass is 550 g/mol. The van der Waals surface area contributed by atoms with Crippen molar-refractivity contribution in [2.75, 3.05) is 0 Å². The minimum atomic E-state index is -3.64. The molecule has 0 N–H and O–H groups in total. The lowest BCUT2D eigenvalue weighted by molar-refractivity contribution is 0.610. The van der Waals surface area contributed by atoms with Gasteiger partial charge in [-0.3, -0.25) is 0 Å². The van der Waals surface area contributed by atoms with E-state index in [-0.39, 0.29) is 0 Å². The maximum Gasteiger partial charge on any atom is 0.204 e. The minimum absolute atomic E-state index is 0.363. The van der Waals surface area contributed by atoms with Crippen LogP contribution in [0.25, 0.3) is 43.2 Å². The van der Waals surface area contributed by atoms with Crippen molar-refractivity contribution in [1.82, 2.24) is 0 Å². The molecule has 1 aliphatic heterocycles. The van der Waals surface area contributed by atoms with Crippen LogP contribution in [0.3, 0.4) is 0 Å². The van der Waals surface area contributed by atoms with E-state index in [0.29, 0.717) is 21.8 Å². The third kappa shape index (κ3) is 4.50. The first-order valence-electron chi connectivity index (χ1n) is 13.5. The molecular formula is C34H30O3S2. The predicted molar refractivity (Wildman–Crippen MR) is 164 cm³/mol. The molecule has 6 rings (SSSR count). The quantitative estimate of drug-likeness (QED) is 0.193. The zero-order chi connectivity index (χ0) is 27.0. The molecule has 0 saturated carbocycles. The van der Waals surface area contributed by atoms with Crippen molar-refractivity contribution in [2.45, 2.75) is 39.5 Å². The van der Waals surface area contributed by atoms with Gasteiger partial charge in [-0.15, -0.1) is 11.3 Å². The first-order chi connectivity index (χ1) is 19.0. The number of hydrogen-bond acceptors (Lipinski definition) is 4. The molecule has 39 heavy (non-hydrogen) atoms. The first kappa shape index (κ1) is 25.6. The Morgan fingerprint density at radius 3 is 2.10 bits per heavy atom. The summed E-state index contributed by atoms with van der Waals surface area (Å²) in [5, 5.41) is 0.937. The van der Waals surface area contributed by atoms with Gasteiger partial charge in [-0.05, 0) is 42.2 Å². The van der Waals surface area contributed by atoms with Gasteiger partial charge in [0.15, 0.2) is 0 Å². The minimum Gasteiger partial charge on any atom is -0.455 e. The largest absolute Gasteiger partial charge is 0.455 e. The lowest BCUT2D eigenvalue weighted by Gasteiger charge is -2.09. The molecule has 0 fully saturated rings. The number of fused-ring (bicyclic) bond motifs is 1. The standard InChI is InChI=1S/C34H30O3S2/c1-3-13-29-26(21-30(38-29)23-15-7-5-8-16-23)34-33(25-19-11-12-20-28(25)37-34)27-22-32(24-17-9-6-10-18-24)39(35,36)31(27)14-4-2/h5-12,15-22H,3-4,13-14H2,1-2H3. The Hall–Kier alpha value is -3.67. The number of hydrogen-bond donors (Lipinski definition) is 0. The highest BCUT2D eigenvalue weighted by molar-refractivity contribution is 8.04. The van der Waals surface area contributed by atoms with Crippen LogP contribution in [-0.4, -0.2) is 8.42 Å². The second-order valence-corrected chi connectivity index (χ2v) is 12.9. The molecule has 0 amide bonds. The second kappa shape index (κ2) is 10.5. The summed E-state index contributed by atoms with van der Waals surface area (Å²) in [6.07, 6.45) is 5.02. The average Bonchev–Trinajstić information content (AvgIpc) is 3.62. The predicted octanol–water partition coefficient (Wildman–Crippen LogP) is 9.76. The van der Waals surface area contributed by atoms with Gasteiger partial charge in [0.05, 0.1) is 9.81 Å². The summed E-state index contributed by atoms with van der Waals surface area (Å²) < 4.78 is 34.6. The highest BCUT2D eigenvalue weighted by atomic mass is 32.2. The van der Waals surface area contributed by atoms with Gasteiger partial charge < -0.3 is 4.42 Å². The molecule has 0 atom stereocenters. The number of sulfone groups is 1. The van der Waals surface area contributed by atoms with Crippen molar-refractivity contribution < 1.29 is 12.8 Å². The van der Waals surface area contributed by atoms with Crippen LogP contribution in [0.2, 0.25) is 0 Å². The van der Waals surface area contributed by atoms with Crippen LogP contribution in [0.5, 0.6) is 0 Å². The smallest absolute Gasteiger partial charge is 0.204 e. The molecular weight excluding hydrogens is 521 g/mol. The summed E-state index contributed by atoms with van der Waals surface area (Å²) in [7, 11) is -3.64. The molecule has 0 aliphatic carbocycles. The SMILES string of the molecule is CCCC1=C(c2c(-c3cc(-c4ccccc4)sc3CCC)oc3ccccc23)C=C(c2ccccc2)S1(=O)=O. The fraction of sp³-hybridized carbons (Fsp3) is 0.176. The molecule has 196 valence electrons. The zero-order valence-corrected chi connectivity index (χ0v) is 23.7. The maximum atomic E-state index is 14.0. The van der Waals surface area contributed by atoms with E-state index in [1.165, 1.54) is 15.3 Å². The molecule has 0 saturated heterocycles. The van der Waals surface area contributed by atoms with Gasteiger partial charge in [-0.25, -0.2) is 8.42 Å². The third-order valence-corrected chi connectivity index (χ3v) is 10.4. The van der Waals surface area contributed by atoms with Crippen LogP contribution < -0.4 is 0 Å². The van der Waals surface area contributed by atoms with Crippen molar-refractivity contribution >= 4 is 42.6 Å². The van der Waals surface area contributed by atoms with Crippen LogP contribution in [0, 0.1) is 0 Å². The van der Waals surface area contributed by atoms with E-state index >= 15 is 0 Å². The first-order valence-corrected chi connectivity index (χ1v) is 15.8. The van der Waals surface area contributed by atoms with E-state index in [1.54, 1.807) is 11.3 Å². The fourth-order valence-corrected chi connectivity index (χ4v) is 8.57. The Kier molecular flexibility index (Phi) is 6.88. The Labute approximate surface area is 234 Å². The van der Waals surface area contributed by atoms with Crippen LogP contribution in [-0.2, 0) is 16.3 Å². The van der Waals surface area contributed by atoms with Crippen LogP contribution in [0.4, 0.5) is 0 Å². The van der Waals surface area contributed by atoms with E-state index in [1.807, 2.05) is 73.7 Å². The van der Waals surface area contributed by atoms with Crippen LogP contribution >= 0.6 is 11.3 Å². The van der Waals surface area contributed by atoms with Gasteiger partial charge >= 0.3 is 0 Å². The second-order valence-electron chi connectivity index (χ2n) is 9.83. The van der Waals surface area contributed by atoms with Crippen molar-refractivity contribution in [3.63, 3.8) is 0 Å². The summed E-state index contributed by atoms with van der Waals surface area (Å²) in [5.74, 6) is 0.752. The van der Waals surface area contributed by atoms with E-state index < -0.39 is 9.84 Å². The number of aryl methyl sites for hydroxylation is 1. The summed E-state index contributed by atoms with van der Waals surface area (Å²) in [6.45, 7) is 4.21. The molecule has 0 spiro atoms. The maximum absolute atomic E-state index is 14.0. The molecule has 3 nitrogen and oxygen atoms in total. The van der Waals surface area contributed by atoms with Crippen molar-refractivity contribution in [2.24, 2.45) is 0 Å². The molecule has 5 aromatic rings. The Balaban J connectivity index is 1.64. The van der Waals surface area contributed by atoms with E-state index in [4.69, 9.17) is 4.42 Å². The lowest BCUT2D eigenvalue weighted by Crippen LogP contribution is -2.03. The Morgan fingerprint density at radius 1 is 0.769 bits per heavy atom. The third-order valence-electron chi connectivity index (χ3n) is 7.18. The van der Waals surface area contributed by atoms with E-state index in [0.717, 1.165) is 52.7 Å². The highest BCUT2D eigenvalue weighted by Gasteiger charge is 2.36. The number of furan rings is 1. The molecule has 0 unspecified atom stereocenters. The van der Waals surface area contributed by atoms with E-state index in [2.05, 4.69) is 37.3 Å². The summed E-state index contributed by atoms with van der Waals surface area (Å²) >= 11 is 1.79.